The van der Waals surface area contributed by atoms with E-state index in [0.29, 0.717) is 12.1 Å². The van der Waals surface area contributed by atoms with Crippen LogP contribution < -0.4 is 10.2 Å². The molecule has 3 unspecified atom stereocenters. The largest absolute Gasteiger partial charge is 0.313 e. The van der Waals surface area contributed by atoms with Crippen molar-refractivity contribution in [3.05, 3.63) is 95.7 Å². The highest BCUT2D eigenvalue weighted by Crippen LogP contribution is 2.51. The monoisotopic (exact) mass is 382 g/mol. The maximum absolute atomic E-state index is 3.97. The fraction of sp³-hybridized carbons (Fsp3) is 0.333. The van der Waals surface area contributed by atoms with E-state index in [1.807, 2.05) is 0 Å². The van der Waals surface area contributed by atoms with Crippen LogP contribution in [-0.4, -0.2) is 12.1 Å². The fourth-order valence-corrected chi connectivity index (χ4v) is 5.41. The molecule has 2 aromatic carbocycles. The van der Waals surface area contributed by atoms with E-state index >= 15 is 0 Å². The van der Waals surface area contributed by atoms with Crippen molar-refractivity contribution in [1.82, 2.24) is 5.32 Å². The Labute approximate surface area is 174 Å². The molecule has 0 saturated heterocycles. The van der Waals surface area contributed by atoms with Crippen LogP contribution in [0, 0.1) is 12.3 Å². The van der Waals surface area contributed by atoms with Crippen molar-refractivity contribution in [2.75, 3.05) is 4.90 Å². The van der Waals surface area contributed by atoms with Gasteiger partial charge in [0.1, 0.15) is 0 Å². The molecule has 0 bridgehead atoms. The first kappa shape index (κ1) is 18.4. The molecular formula is C27H30N2. The summed E-state index contributed by atoms with van der Waals surface area (Å²) in [6, 6.07) is 20.7. The number of nitrogens with one attached hydrogen (secondary N) is 1. The second kappa shape index (κ2) is 7.35. The summed E-state index contributed by atoms with van der Waals surface area (Å²) in [6.45, 7) is 4.64. The minimum atomic E-state index is 0.111. The third-order valence-electron chi connectivity index (χ3n) is 6.96. The fourth-order valence-electron chi connectivity index (χ4n) is 5.41. The summed E-state index contributed by atoms with van der Waals surface area (Å²) < 4.78 is 0. The minimum absolute atomic E-state index is 0.111. The summed E-state index contributed by atoms with van der Waals surface area (Å²) in [5.41, 5.74) is 6.79. The Hall–Kier alpha value is -2.58. The highest BCUT2D eigenvalue weighted by Gasteiger charge is 2.48. The number of aryl methyl sites for hydroxylation is 1. The molecule has 0 spiro atoms. The van der Waals surface area contributed by atoms with Gasteiger partial charge in [0.25, 0.3) is 0 Å². The molecule has 0 aromatic heterocycles. The third-order valence-corrected chi connectivity index (χ3v) is 6.96. The molecule has 2 nitrogen and oxygen atoms in total. The van der Waals surface area contributed by atoms with Crippen LogP contribution in [0.2, 0.25) is 0 Å². The summed E-state index contributed by atoms with van der Waals surface area (Å²) in [6.07, 6.45) is 14.1. The van der Waals surface area contributed by atoms with E-state index in [9.17, 15) is 0 Å². The van der Waals surface area contributed by atoms with E-state index in [1.54, 1.807) is 0 Å². The Morgan fingerprint density at radius 1 is 0.931 bits per heavy atom. The van der Waals surface area contributed by atoms with E-state index in [4.69, 9.17) is 0 Å². The van der Waals surface area contributed by atoms with Crippen LogP contribution >= 0.6 is 0 Å². The second-order valence-corrected chi connectivity index (χ2v) is 8.91. The Morgan fingerprint density at radius 2 is 1.69 bits per heavy atom. The third kappa shape index (κ3) is 3.16. The Bertz CT molecular complexity index is 967. The van der Waals surface area contributed by atoms with Crippen molar-refractivity contribution in [1.29, 1.82) is 0 Å². The summed E-state index contributed by atoms with van der Waals surface area (Å²) in [5.74, 6) is 0. The van der Waals surface area contributed by atoms with Crippen LogP contribution in [-0.2, 0) is 0 Å². The summed E-state index contributed by atoms with van der Waals surface area (Å²) >= 11 is 0. The van der Waals surface area contributed by atoms with Gasteiger partial charge in [0.05, 0.1) is 6.04 Å². The van der Waals surface area contributed by atoms with E-state index in [0.717, 1.165) is 0 Å². The van der Waals surface area contributed by atoms with Crippen LogP contribution in [0.15, 0.2) is 90.2 Å². The summed E-state index contributed by atoms with van der Waals surface area (Å²) in [7, 11) is 0. The zero-order valence-electron chi connectivity index (χ0n) is 17.4. The van der Waals surface area contributed by atoms with Gasteiger partial charge in [-0.3, -0.25) is 0 Å². The Balaban J connectivity index is 1.76. The molecule has 1 saturated carbocycles. The van der Waals surface area contributed by atoms with Gasteiger partial charge < -0.3 is 10.2 Å². The highest BCUT2D eigenvalue weighted by atomic mass is 15.2. The van der Waals surface area contributed by atoms with Crippen molar-refractivity contribution in [2.24, 2.45) is 5.41 Å². The van der Waals surface area contributed by atoms with Gasteiger partial charge in [-0.1, -0.05) is 80.0 Å². The zero-order valence-corrected chi connectivity index (χ0v) is 17.4. The first-order chi connectivity index (χ1) is 14.2. The number of anilines is 2. The maximum Gasteiger partial charge on any atom is 0.0529 e. The lowest BCUT2D eigenvalue weighted by Gasteiger charge is -2.53. The second-order valence-electron chi connectivity index (χ2n) is 8.91. The number of hydrogen-bond donors (Lipinski definition) is 1. The number of allylic oxidation sites excluding steroid dienone is 2. The number of hydrogen-bond acceptors (Lipinski definition) is 2. The minimum Gasteiger partial charge on any atom is -0.313 e. The average Bonchev–Trinajstić information content (AvgIpc) is 2.76. The van der Waals surface area contributed by atoms with Gasteiger partial charge in [-0.25, -0.2) is 0 Å². The van der Waals surface area contributed by atoms with E-state index in [-0.39, 0.29) is 5.41 Å². The van der Waals surface area contributed by atoms with Crippen molar-refractivity contribution in [2.45, 2.75) is 51.6 Å². The molecular weight excluding hydrogens is 352 g/mol. The first-order valence-corrected chi connectivity index (χ1v) is 10.9. The SMILES string of the molecule is Cc1ccc(N(C2=C3C=CC=CC3NC3CCCCC23C)c2ccccc2)cc1. The van der Waals surface area contributed by atoms with Gasteiger partial charge in [-0.15, -0.1) is 0 Å². The lowest BCUT2D eigenvalue weighted by molar-refractivity contribution is 0.165. The standard InChI is InChI=1S/C27H30N2/c1-20-15-17-22(18-16-20)29(21-10-4-3-5-11-21)26-23-12-6-7-13-24(23)28-25-14-8-9-19-27(25,26)2/h3-7,10-13,15-18,24-25,28H,8-9,14,19H2,1-2H3. The van der Waals surface area contributed by atoms with Gasteiger partial charge in [0.2, 0.25) is 0 Å². The quantitative estimate of drug-likeness (QED) is 0.657. The zero-order chi connectivity index (χ0) is 19.8. The lowest BCUT2D eigenvalue weighted by Crippen LogP contribution is -2.57. The van der Waals surface area contributed by atoms with E-state index in [2.05, 4.69) is 103 Å². The highest BCUT2D eigenvalue weighted by molar-refractivity contribution is 5.72. The molecule has 5 rings (SSSR count). The Kier molecular flexibility index (Phi) is 4.67. The summed E-state index contributed by atoms with van der Waals surface area (Å²) in [5, 5.41) is 3.97. The van der Waals surface area contributed by atoms with Crippen LogP contribution in [0.5, 0.6) is 0 Å². The molecule has 1 heterocycles. The molecule has 148 valence electrons. The Morgan fingerprint density at radius 3 is 2.48 bits per heavy atom. The van der Waals surface area contributed by atoms with Gasteiger partial charge in [0.15, 0.2) is 0 Å². The van der Waals surface area contributed by atoms with Crippen LogP contribution in [0.1, 0.15) is 38.2 Å². The van der Waals surface area contributed by atoms with E-state index in [1.165, 1.54) is 53.9 Å². The molecule has 1 N–H and O–H groups in total. The average molecular weight is 383 g/mol. The maximum atomic E-state index is 3.97. The van der Waals surface area contributed by atoms with Crippen molar-refractivity contribution in [3.8, 4) is 0 Å². The van der Waals surface area contributed by atoms with Gasteiger partial charge in [-0.05, 0) is 49.6 Å². The molecule has 1 fully saturated rings. The lowest BCUT2D eigenvalue weighted by atomic mass is 9.64. The molecule has 3 atom stereocenters. The number of benzene rings is 2. The molecule has 0 radical (unpaired) electrons. The van der Waals surface area contributed by atoms with Crippen molar-refractivity contribution >= 4 is 11.4 Å². The van der Waals surface area contributed by atoms with Crippen LogP contribution in [0.4, 0.5) is 11.4 Å². The van der Waals surface area contributed by atoms with Gasteiger partial charge in [0, 0.05) is 28.5 Å². The summed E-state index contributed by atoms with van der Waals surface area (Å²) in [4.78, 5) is 2.53. The normalized spacial score (nSPS) is 28.1. The van der Waals surface area contributed by atoms with Gasteiger partial charge >= 0.3 is 0 Å². The van der Waals surface area contributed by atoms with Crippen molar-refractivity contribution < 1.29 is 0 Å². The number of fused-ring (bicyclic) bond motifs is 2. The molecule has 2 heteroatoms. The smallest absolute Gasteiger partial charge is 0.0529 e. The van der Waals surface area contributed by atoms with E-state index < -0.39 is 0 Å². The molecule has 3 aliphatic rings. The number of rotatable bonds is 3. The molecule has 1 aliphatic heterocycles. The predicted molar refractivity (Wildman–Crippen MR) is 122 cm³/mol. The molecule has 29 heavy (non-hydrogen) atoms. The topological polar surface area (TPSA) is 15.3 Å². The molecule has 2 aromatic rings. The number of nitrogens with zero attached hydrogens (tertiary/aromatic N) is 1. The van der Waals surface area contributed by atoms with Crippen LogP contribution in [0.3, 0.4) is 0 Å². The first-order valence-electron chi connectivity index (χ1n) is 10.9. The van der Waals surface area contributed by atoms with Gasteiger partial charge in [-0.2, -0.15) is 0 Å². The molecule has 2 aliphatic carbocycles. The van der Waals surface area contributed by atoms with Crippen LogP contribution in [0.25, 0.3) is 0 Å². The predicted octanol–water partition coefficient (Wildman–Crippen LogP) is 6.43. The molecule has 0 amide bonds. The van der Waals surface area contributed by atoms with Crippen molar-refractivity contribution in [3.63, 3.8) is 0 Å². The number of para-hydroxylation sites is 1.